The highest BCUT2D eigenvalue weighted by Crippen LogP contribution is 2.10. The molecule has 0 unspecified atom stereocenters. The minimum atomic E-state index is -3.75. The van der Waals surface area contributed by atoms with Gasteiger partial charge in [0, 0.05) is 0 Å². The van der Waals surface area contributed by atoms with Gasteiger partial charge in [0.05, 0.1) is 0 Å². The summed E-state index contributed by atoms with van der Waals surface area (Å²) in [4.78, 5) is 0. The lowest BCUT2D eigenvalue weighted by atomic mass is 10.2. The minimum Gasteiger partial charge on any atom is -0.386 e. The maximum absolute atomic E-state index is 10.7. The second-order valence-corrected chi connectivity index (χ2v) is 4.58. The van der Waals surface area contributed by atoms with Gasteiger partial charge in [-0.2, -0.15) is 0 Å². The van der Waals surface area contributed by atoms with Crippen LogP contribution in [0, 0.1) is 5.41 Å². The van der Waals surface area contributed by atoms with Crippen LogP contribution in [0.15, 0.2) is 0 Å². The Hall–Kier alpha value is -0.620. The van der Waals surface area contributed by atoms with Crippen molar-refractivity contribution in [3.63, 3.8) is 0 Å². The summed E-state index contributed by atoms with van der Waals surface area (Å²) in [5.41, 5.74) is 4.98. The van der Waals surface area contributed by atoms with Crippen LogP contribution in [-0.2, 0) is 10.0 Å². The van der Waals surface area contributed by atoms with E-state index in [1.54, 1.807) is 0 Å². The van der Waals surface area contributed by atoms with E-state index in [0.717, 1.165) is 0 Å². The third-order valence-electron chi connectivity index (χ3n) is 1.36. The van der Waals surface area contributed by atoms with E-state index in [1.807, 2.05) is 0 Å². The van der Waals surface area contributed by atoms with Crippen molar-refractivity contribution < 1.29 is 8.42 Å². The molecule has 0 aliphatic heterocycles. The molecule has 0 spiro atoms. The lowest BCUT2D eigenvalue weighted by Gasteiger charge is -2.19. The molecule has 0 rings (SSSR count). The van der Waals surface area contributed by atoms with E-state index in [4.69, 9.17) is 16.3 Å². The largest absolute Gasteiger partial charge is 0.386 e. The number of primary sulfonamides is 1. The van der Waals surface area contributed by atoms with E-state index in [1.165, 1.54) is 13.8 Å². The summed E-state index contributed by atoms with van der Waals surface area (Å²) in [5.74, 6) is -0.449. The van der Waals surface area contributed by atoms with Gasteiger partial charge in [0.1, 0.15) is 10.6 Å². The molecule has 0 atom stereocenters. The maximum atomic E-state index is 10.7. The van der Waals surface area contributed by atoms with Crippen LogP contribution in [0.5, 0.6) is 0 Å². The van der Waals surface area contributed by atoms with Gasteiger partial charge in [-0.1, -0.05) is 0 Å². The van der Waals surface area contributed by atoms with E-state index >= 15 is 0 Å². The fourth-order valence-electron chi connectivity index (χ4n) is 0.153. The normalized spacial score (nSPS) is 13.1. The molecule has 0 aliphatic carbocycles. The van der Waals surface area contributed by atoms with Crippen molar-refractivity contribution in [1.82, 2.24) is 0 Å². The summed E-state index contributed by atoms with van der Waals surface area (Å²) in [5, 5.41) is 11.6. The third kappa shape index (κ3) is 1.45. The number of hydrogen-bond donors (Lipinski definition) is 3. The van der Waals surface area contributed by atoms with Crippen molar-refractivity contribution in [2.45, 2.75) is 18.6 Å². The molecule has 6 heteroatoms. The van der Waals surface area contributed by atoms with Crippen LogP contribution >= 0.6 is 0 Å². The minimum absolute atomic E-state index is 0.449. The molecule has 60 valence electrons. The predicted molar refractivity (Wildman–Crippen MR) is 39.1 cm³/mol. The van der Waals surface area contributed by atoms with Gasteiger partial charge in [-0.05, 0) is 13.8 Å². The van der Waals surface area contributed by atoms with Crippen LogP contribution in [0.1, 0.15) is 13.8 Å². The third-order valence-corrected chi connectivity index (χ3v) is 3.00. The van der Waals surface area contributed by atoms with Crippen LogP contribution in [0.2, 0.25) is 0 Å². The Balaban J connectivity index is 4.95. The zero-order chi connectivity index (χ0) is 8.58. The van der Waals surface area contributed by atoms with Crippen LogP contribution in [0.3, 0.4) is 0 Å². The number of nitrogens with two attached hydrogens (primary N) is 2. The zero-order valence-corrected chi connectivity index (χ0v) is 6.70. The van der Waals surface area contributed by atoms with E-state index in [9.17, 15) is 8.42 Å². The van der Waals surface area contributed by atoms with Crippen LogP contribution in [-0.4, -0.2) is 19.0 Å². The average Bonchev–Trinajstić information content (AvgIpc) is 1.62. The Morgan fingerprint density at radius 3 is 1.80 bits per heavy atom. The lowest BCUT2D eigenvalue weighted by Crippen LogP contribution is -2.48. The number of sulfonamides is 1. The fraction of sp³-hybridized carbons (Fsp3) is 0.750. The molecular weight excluding hydrogens is 154 g/mol. The van der Waals surface area contributed by atoms with Crippen molar-refractivity contribution in [2.75, 3.05) is 0 Å². The molecule has 0 heterocycles. The van der Waals surface area contributed by atoms with Gasteiger partial charge in [0.2, 0.25) is 10.0 Å². The van der Waals surface area contributed by atoms with Gasteiger partial charge in [-0.3, -0.25) is 5.41 Å². The quantitative estimate of drug-likeness (QED) is 0.360. The van der Waals surface area contributed by atoms with Gasteiger partial charge < -0.3 is 5.73 Å². The highest BCUT2D eigenvalue weighted by molar-refractivity contribution is 7.91. The SMILES string of the molecule is CC(C)(C(=N)N)S(N)(=O)=O. The molecule has 5 nitrogen and oxygen atoms in total. The van der Waals surface area contributed by atoms with Crippen LogP contribution in [0.25, 0.3) is 0 Å². The second-order valence-electron chi connectivity index (χ2n) is 2.47. The van der Waals surface area contributed by atoms with Crippen molar-refractivity contribution in [1.29, 1.82) is 5.41 Å². The number of hydrogen-bond acceptors (Lipinski definition) is 3. The molecule has 0 fully saturated rings. The topological polar surface area (TPSA) is 110 Å². The molecule has 0 amide bonds. The number of nitrogens with one attached hydrogen (secondary N) is 1. The molecule has 0 bridgehead atoms. The van der Waals surface area contributed by atoms with Crippen LogP contribution < -0.4 is 10.9 Å². The van der Waals surface area contributed by atoms with E-state index in [2.05, 4.69) is 0 Å². The summed E-state index contributed by atoms with van der Waals surface area (Å²) >= 11 is 0. The summed E-state index contributed by atoms with van der Waals surface area (Å²) < 4.78 is 19.9. The highest BCUT2D eigenvalue weighted by Gasteiger charge is 2.34. The summed E-state index contributed by atoms with van der Waals surface area (Å²) in [6.07, 6.45) is 0. The van der Waals surface area contributed by atoms with Gasteiger partial charge in [0.15, 0.2) is 0 Å². The second kappa shape index (κ2) is 2.21. The number of amidine groups is 1. The first kappa shape index (κ1) is 9.38. The Morgan fingerprint density at radius 1 is 1.50 bits per heavy atom. The van der Waals surface area contributed by atoms with E-state index in [0.29, 0.717) is 0 Å². The number of rotatable bonds is 2. The zero-order valence-electron chi connectivity index (χ0n) is 5.88. The Labute approximate surface area is 60.0 Å². The lowest BCUT2D eigenvalue weighted by molar-refractivity contribution is 0.578. The molecule has 0 saturated carbocycles. The maximum Gasteiger partial charge on any atom is 0.221 e. The van der Waals surface area contributed by atoms with Crippen molar-refractivity contribution in [2.24, 2.45) is 10.9 Å². The van der Waals surface area contributed by atoms with Gasteiger partial charge in [-0.15, -0.1) is 0 Å². The molecule has 0 aromatic heterocycles. The molecule has 10 heavy (non-hydrogen) atoms. The van der Waals surface area contributed by atoms with E-state index < -0.39 is 20.6 Å². The highest BCUT2D eigenvalue weighted by atomic mass is 32.2. The molecule has 5 N–H and O–H groups in total. The molecule has 0 aliphatic rings. The molecule has 0 aromatic rings. The molecular formula is C4H11N3O2S. The predicted octanol–water partition coefficient (Wildman–Crippen LogP) is -1.01. The summed E-state index contributed by atoms with van der Waals surface area (Å²) in [6, 6.07) is 0. The Bertz CT molecular complexity index is 241. The van der Waals surface area contributed by atoms with Gasteiger partial charge in [0.25, 0.3) is 0 Å². The Morgan fingerprint density at radius 2 is 1.80 bits per heavy atom. The molecule has 0 radical (unpaired) electrons. The summed E-state index contributed by atoms with van der Waals surface area (Å²) in [7, 11) is -3.75. The summed E-state index contributed by atoms with van der Waals surface area (Å²) in [6.45, 7) is 2.56. The van der Waals surface area contributed by atoms with Crippen molar-refractivity contribution >= 4 is 15.9 Å². The van der Waals surface area contributed by atoms with Gasteiger partial charge >= 0.3 is 0 Å². The first-order chi connectivity index (χ1) is 4.19. The standard InChI is InChI=1S/C4H11N3O2S/c1-4(2,3(5)6)10(7,8)9/h1-2H3,(H3,5,6)(H2,7,8,9). The molecule has 0 aromatic carbocycles. The monoisotopic (exact) mass is 165 g/mol. The van der Waals surface area contributed by atoms with E-state index in [-0.39, 0.29) is 0 Å². The molecule has 0 saturated heterocycles. The van der Waals surface area contributed by atoms with Gasteiger partial charge in [-0.25, -0.2) is 13.6 Å². The fourth-order valence-corrected chi connectivity index (χ4v) is 0.460. The first-order valence-electron chi connectivity index (χ1n) is 2.56. The Kier molecular flexibility index (Phi) is 2.07. The average molecular weight is 165 g/mol. The van der Waals surface area contributed by atoms with Crippen molar-refractivity contribution in [3.05, 3.63) is 0 Å². The van der Waals surface area contributed by atoms with Crippen LogP contribution in [0.4, 0.5) is 0 Å². The first-order valence-corrected chi connectivity index (χ1v) is 4.11. The van der Waals surface area contributed by atoms with Crippen molar-refractivity contribution in [3.8, 4) is 0 Å². The smallest absolute Gasteiger partial charge is 0.221 e.